The average Bonchev–Trinajstić information content (AvgIpc) is 3.35. The Bertz CT molecular complexity index is 1340. The van der Waals surface area contributed by atoms with Crippen LogP contribution in [0.15, 0.2) is 97.5 Å². The molecule has 2 aromatic heterocycles. The van der Waals surface area contributed by atoms with E-state index < -0.39 is 0 Å². The first-order valence-electron chi connectivity index (χ1n) is 12.0. The van der Waals surface area contributed by atoms with Crippen molar-refractivity contribution in [2.75, 3.05) is 26.2 Å². The van der Waals surface area contributed by atoms with E-state index >= 15 is 0 Å². The molecule has 1 saturated heterocycles. The van der Waals surface area contributed by atoms with Crippen molar-refractivity contribution in [1.29, 1.82) is 0 Å². The van der Waals surface area contributed by atoms with Crippen molar-refractivity contribution in [3.05, 3.63) is 114 Å². The quantitative estimate of drug-likeness (QED) is 0.394. The van der Waals surface area contributed by atoms with Gasteiger partial charge in [-0.25, -0.2) is 0 Å². The predicted molar refractivity (Wildman–Crippen MR) is 139 cm³/mol. The first-order valence-corrected chi connectivity index (χ1v) is 12.0. The van der Waals surface area contributed by atoms with E-state index in [1.54, 1.807) is 28.3 Å². The Morgan fingerprint density at radius 1 is 0.833 bits per heavy atom. The van der Waals surface area contributed by atoms with Crippen molar-refractivity contribution >= 4 is 17.9 Å². The minimum Gasteiger partial charge on any atom is -0.336 e. The van der Waals surface area contributed by atoms with Crippen molar-refractivity contribution in [2.24, 2.45) is 0 Å². The highest BCUT2D eigenvalue weighted by atomic mass is 16.2. The highest BCUT2D eigenvalue weighted by molar-refractivity contribution is 5.95. The highest BCUT2D eigenvalue weighted by Crippen LogP contribution is 2.23. The van der Waals surface area contributed by atoms with Gasteiger partial charge in [0.05, 0.1) is 6.54 Å². The lowest BCUT2D eigenvalue weighted by atomic mass is 10.1. The molecular weight excluding hydrogens is 450 g/mol. The number of piperazine rings is 1. The molecule has 0 bridgehead atoms. The lowest BCUT2D eigenvalue weighted by Crippen LogP contribution is -2.50. The van der Waals surface area contributed by atoms with Crippen molar-refractivity contribution in [1.82, 2.24) is 24.6 Å². The van der Waals surface area contributed by atoms with Gasteiger partial charge in [0, 0.05) is 67.5 Å². The predicted octanol–water partition coefficient (Wildman–Crippen LogP) is 3.99. The number of rotatable bonds is 6. The molecule has 0 atom stereocenters. The Morgan fingerprint density at radius 2 is 1.53 bits per heavy atom. The fourth-order valence-electron chi connectivity index (χ4n) is 4.30. The van der Waals surface area contributed by atoms with Gasteiger partial charge in [-0.15, -0.1) is 0 Å². The molecule has 36 heavy (non-hydrogen) atoms. The van der Waals surface area contributed by atoms with Crippen molar-refractivity contribution < 1.29 is 9.59 Å². The molecule has 0 radical (unpaired) electrons. The first kappa shape index (κ1) is 23.2. The van der Waals surface area contributed by atoms with Crippen LogP contribution in [0.1, 0.15) is 21.5 Å². The van der Waals surface area contributed by atoms with Gasteiger partial charge in [-0.1, -0.05) is 48.5 Å². The third-order valence-corrected chi connectivity index (χ3v) is 6.22. The number of aromatic nitrogens is 3. The molecule has 7 nitrogen and oxygen atoms in total. The number of hydrogen-bond donors (Lipinski definition) is 0. The Morgan fingerprint density at radius 3 is 2.22 bits per heavy atom. The van der Waals surface area contributed by atoms with E-state index in [0.717, 1.165) is 22.4 Å². The van der Waals surface area contributed by atoms with E-state index in [1.807, 2.05) is 77.6 Å². The molecule has 5 rings (SSSR count). The topological polar surface area (TPSA) is 71.3 Å². The maximum Gasteiger partial charge on any atom is 0.253 e. The van der Waals surface area contributed by atoms with Gasteiger partial charge >= 0.3 is 0 Å². The molecule has 2 amide bonds. The summed E-state index contributed by atoms with van der Waals surface area (Å²) in [5, 5.41) is 4.78. The number of pyridine rings is 1. The second kappa shape index (κ2) is 10.8. The van der Waals surface area contributed by atoms with Crippen molar-refractivity contribution in [3.63, 3.8) is 0 Å². The fourth-order valence-corrected chi connectivity index (χ4v) is 4.30. The molecule has 7 heteroatoms. The van der Waals surface area contributed by atoms with Gasteiger partial charge in [0.15, 0.2) is 0 Å². The van der Waals surface area contributed by atoms with Crippen molar-refractivity contribution in [2.45, 2.75) is 6.54 Å². The number of benzene rings is 2. The van der Waals surface area contributed by atoms with Crippen LogP contribution in [0.3, 0.4) is 0 Å². The molecule has 0 saturated carbocycles. The van der Waals surface area contributed by atoms with E-state index in [0.29, 0.717) is 38.3 Å². The Labute approximate surface area is 210 Å². The summed E-state index contributed by atoms with van der Waals surface area (Å²) in [7, 11) is 0. The first-order chi connectivity index (χ1) is 17.7. The molecule has 1 aliphatic heterocycles. The van der Waals surface area contributed by atoms with Gasteiger partial charge in [0.1, 0.15) is 5.69 Å². The molecular formula is C29H27N5O2. The third-order valence-electron chi connectivity index (χ3n) is 6.22. The molecule has 1 aliphatic rings. The zero-order chi connectivity index (χ0) is 24.7. The number of amides is 2. The molecule has 3 heterocycles. The lowest BCUT2D eigenvalue weighted by molar-refractivity contribution is -0.127. The zero-order valence-electron chi connectivity index (χ0n) is 19.9. The van der Waals surface area contributed by atoms with Crippen LogP contribution in [0.2, 0.25) is 0 Å². The van der Waals surface area contributed by atoms with Crippen LogP contribution in [0.4, 0.5) is 0 Å². The van der Waals surface area contributed by atoms with Crippen molar-refractivity contribution in [3.8, 4) is 11.3 Å². The molecule has 180 valence electrons. The normalized spacial score (nSPS) is 13.8. The van der Waals surface area contributed by atoms with E-state index in [-0.39, 0.29) is 11.8 Å². The smallest absolute Gasteiger partial charge is 0.253 e. The van der Waals surface area contributed by atoms with Gasteiger partial charge in [-0.05, 0) is 35.9 Å². The van der Waals surface area contributed by atoms with Gasteiger partial charge < -0.3 is 9.80 Å². The fraction of sp³-hybridized carbons (Fsp3) is 0.172. The van der Waals surface area contributed by atoms with E-state index in [2.05, 4.69) is 17.1 Å². The Hall–Kier alpha value is -4.52. The summed E-state index contributed by atoms with van der Waals surface area (Å²) in [4.78, 5) is 33.5. The summed E-state index contributed by atoms with van der Waals surface area (Å²) < 4.78 is 1.88. The van der Waals surface area contributed by atoms with E-state index in [9.17, 15) is 9.59 Å². The van der Waals surface area contributed by atoms with Gasteiger partial charge in [0.25, 0.3) is 5.91 Å². The molecule has 0 unspecified atom stereocenters. The van der Waals surface area contributed by atoms with Crippen LogP contribution in [-0.4, -0.2) is 62.6 Å². The molecule has 2 aromatic carbocycles. The molecule has 0 spiro atoms. The standard InChI is InChI=1S/C29H27N5O2/c35-27(32-16-18-33(19-17-32)29(36)24-10-5-2-6-11-24)14-13-26-22-34(21-23-8-3-1-4-9-23)31-28(26)25-12-7-15-30-20-25/h1-15,20,22H,16-19,21H2/b14-13+. The average molecular weight is 478 g/mol. The summed E-state index contributed by atoms with van der Waals surface area (Å²) in [6, 6.07) is 23.2. The SMILES string of the molecule is O=C(/C=C/c1cn(Cc2ccccc2)nc1-c1cccnc1)N1CCN(C(=O)c2ccccc2)CC1. The molecule has 0 aliphatic carbocycles. The number of carbonyl (C=O) groups is 2. The van der Waals surface area contributed by atoms with Crippen LogP contribution >= 0.6 is 0 Å². The summed E-state index contributed by atoms with van der Waals surface area (Å²) in [6.07, 6.45) is 8.87. The zero-order valence-corrected chi connectivity index (χ0v) is 19.9. The Kier molecular flexibility index (Phi) is 6.98. The molecule has 1 fully saturated rings. The largest absolute Gasteiger partial charge is 0.336 e. The van der Waals surface area contributed by atoms with Crippen LogP contribution in [0, 0.1) is 0 Å². The van der Waals surface area contributed by atoms with E-state index in [1.165, 1.54) is 0 Å². The number of nitrogens with zero attached hydrogens (tertiary/aromatic N) is 5. The molecule has 0 N–H and O–H groups in total. The minimum atomic E-state index is -0.0743. The summed E-state index contributed by atoms with van der Waals surface area (Å²) in [5.74, 6) is -0.0695. The number of carbonyl (C=O) groups excluding carboxylic acids is 2. The number of hydrogen-bond acceptors (Lipinski definition) is 4. The third kappa shape index (κ3) is 5.41. The maximum absolute atomic E-state index is 13.0. The maximum atomic E-state index is 13.0. The van der Waals surface area contributed by atoms with Crippen LogP contribution in [0.5, 0.6) is 0 Å². The van der Waals surface area contributed by atoms with Gasteiger partial charge in [0.2, 0.25) is 5.91 Å². The second-order valence-electron chi connectivity index (χ2n) is 8.67. The van der Waals surface area contributed by atoms with Gasteiger partial charge in [-0.2, -0.15) is 5.10 Å². The summed E-state index contributed by atoms with van der Waals surface area (Å²) in [6.45, 7) is 2.68. The minimum absolute atomic E-state index is 0.00480. The molecule has 4 aromatic rings. The van der Waals surface area contributed by atoms with Crippen LogP contribution < -0.4 is 0 Å². The lowest BCUT2D eigenvalue weighted by Gasteiger charge is -2.34. The second-order valence-corrected chi connectivity index (χ2v) is 8.67. The summed E-state index contributed by atoms with van der Waals surface area (Å²) in [5.41, 5.74) is 4.34. The summed E-state index contributed by atoms with van der Waals surface area (Å²) >= 11 is 0. The van der Waals surface area contributed by atoms with Crippen LogP contribution in [-0.2, 0) is 11.3 Å². The van der Waals surface area contributed by atoms with E-state index in [4.69, 9.17) is 5.10 Å². The highest BCUT2D eigenvalue weighted by Gasteiger charge is 2.24. The van der Waals surface area contributed by atoms with Gasteiger partial charge in [-0.3, -0.25) is 19.3 Å². The monoisotopic (exact) mass is 477 g/mol. The van der Waals surface area contributed by atoms with Crippen LogP contribution in [0.25, 0.3) is 17.3 Å². The Balaban J connectivity index is 1.28.